The molecule has 0 aliphatic rings. The molecule has 18 heavy (non-hydrogen) atoms. The molecule has 0 saturated carbocycles. The van der Waals surface area contributed by atoms with Crippen LogP contribution < -0.4 is 10.5 Å². The van der Waals surface area contributed by atoms with E-state index in [1.54, 1.807) is 24.6 Å². The van der Waals surface area contributed by atoms with E-state index in [4.69, 9.17) is 22.1 Å². The second kappa shape index (κ2) is 5.73. The summed E-state index contributed by atoms with van der Waals surface area (Å²) in [5, 5.41) is 6.94. The molecular weight excluding hydrogens is 270 g/mol. The van der Waals surface area contributed by atoms with Gasteiger partial charge in [0.25, 0.3) is 0 Å². The highest BCUT2D eigenvalue weighted by atomic mass is 35.5. The first kappa shape index (κ1) is 13.4. The van der Waals surface area contributed by atoms with Crippen LogP contribution in [-0.2, 0) is 6.54 Å². The van der Waals surface area contributed by atoms with E-state index < -0.39 is 0 Å². The molecule has 0 saturated heterocycles. The zero-order chi connectivity index (χ0) is 13.1. The second-order valence-corrected chi connectivity index (χ2v) is 5.29. The van der Waals surface area contributed by atoms with Crippen molar-refractivity contribution in [3.8, 4) is 5.75 Å². The lowest BCUT2D eigenvalue weighted by molar-refractivity contribution is 0.404. The van der Waals surface area contributed by atoms with Crippen LogP contribution in [0.3, 0.4) is 0 Å². The number of rotatable bonds is 5. The molecule has 2 rings (SSSR count). The van der Waals surface area contributed by atoms with Crippen molar-refractivity contribution in [3.63, 3.8) is 0 Å². The molecular formula is C12H16ClN3OS. The number of nitrogens with two attached hydrogens (primary N) is 1. The van der Waals surface area contributed by atoms with Crippen molar-refractivity contribution in [1.82, 2.24) is 9.78 Å². The average molecular weight is 286 g/mol. The van der Waals surface area contributed by atoms with Gasteiger partial charge in [-0.3, -0.25) is 4.68 Å². The SMILES string of the molecule is CCCn1ncc(OC)c1C(N)c1sccc1Cl. The van der Waals surface area contributed by atoms with Gasteiger partial charge in [-0.2, -0.15) is 5.10 Å². The largest absolute Gasteiger partial charge is 0.493 e. The zero-order valence-electron chi connectivity index (χ0n) is 10.4. The summed E-state index contributed by atoms with van der Waals surface area (Å²) >= 11 is 7.68. The van der Waals surface area contributed by atoms with E-state index >= 15 is 0 Å². The normalized spacial score (nSPS) is 12.7. The Bertz CT molecular complexity index is 523. The van der Waals surface area contributed by atoms with Gasteiger partial charge in [-0.05, 0) is 17.9 Å². The van der Waals surface area contributed by atoms with Gasteiger partial charge in [0.1, 0.15) is 5.69 Å². The van der Waals surface area contributed by atoms with Crippen LogP contribution in [0.2, 0.25) is 5.02 Å². The second-order valence-electron chi connectivity index (χ2n) is 3.93. The van der Waals surface area contributed by atoms with E-state index in [9.17, 15) is 0 Å². The van der Waals surface area contributed by atoms with Crippen LogP contribution in [0.1, 0.15) is 30.0 Å². The van der Waals surface area contributed by atoms with Crippen LogP contribution in [0, 0.1) is 0 Å². The summed E-state index contributed by atoms with van der Waals surface area (Å²) in [5.74, 6) is 0.709. The fraction of sp³-hybridized carbons (Fsp3) is 0.417. The number of aryl methyl sites for hydroxylation is 1. The molecule has 1 atom stereocenters. The van der Waals surface area contributed by atoms with Crippen LogP contribution >= 0.6 is 22.9 Å². The lowest BCUT2D eigenvalue weighted by Gasteiger charge is -2.14. The Morgan fingerprint density at radius 1 is 1.61 bits per heavy atom. The minimum atomic E-state index is -0.304. The number of aromatic nitrogens is 2. The molecule has 0 amide bonds. The maximum absolute atomic E-state index is 6.30. The molecule has 0 fully saturated rings. The summed E-state index contributed by atoms with van der Waals surface area (Å²) in [6.45, 7) is 2.91. The molecule has 2 aromatic heterocycles. The van der Waals surface area contributed by atoms with Gasteiger partial charge >= 0.3 is 0 Å². The van der Waals surface area contributed by atoms with Gasteiger partial charge in [0.2, 0.25) is 0 Å². The van der Waals surface area contributed by atoms with Gasteiger partial charge in [-0.1, -0.05) is 18.5 Å². The Kier molecular flexibility index (Phi) is 4.27. The van der Waals surface area contributed by atoms with Crippen LogP contribution in [0.15, 0.2) is 17.6 Å². The molecule has 0 aliphatic carbocycles. The van der Waals surface area contributed by atoms with Crippen LogP contribution in [0.4, 0.5) is 0 Å². The third-order valence-corrected chi connectivity index (χ3v) is 4.16. The molecule has 1 unspecified atom stereocenters. The Hall–Kier alpha value is -1.04. The van der Waals surface area contributed by atoms with Crippen LogP contribution in [0.5, 0.6) is 5.75 Å². The third kappa shape index (κ3) is 2.39. The van der Waals surface area contributed by atoms with Crippen molar-refractivity contribution in [1.29, 1.82) is 0 Å². The Morgan fingerprint density at radius 2 is 2.39 bits per heavy atom. The number of halogens is 1. The summed E-state index contributed by atoms with van der Waals surface area (Å²) in [5.41, 5.74) is 7.18. The topological polar surface area (TPSA) is 53.1 Å². The van der Waals surface area contributed by atoms with Gasteiger partial charge in [-0.25, -0.2) is 0 Å². The molecule has 0 spiro atoms. The third-order valence-electron chi connectivity index (χ3n) is 2.72. The van der Waals surface area contributed by atoms with E-state index in [2.05, 4.69) is 12.0 Å². The van der Waals surface area contributed by atoms with Crippen molar-refractivity contribution in [2.45, 2.75) is 25.9 Å². The highest BCUT2D eigenvalue weighted by molar-refractivity contribution is 7.10. The maximum atomic E-state index is 6.30. The van der Waals surface area contributed by atoms with E-state index in [0.29, 0.717) is 10.8 Å². The van der Waals surface area contributed by atoms with Gasteiger partial charge < -0.3 is 10.5 Å². The Labute approximate surface area is 115 Å². The highest BCUT2D eigenvalue weighted by Crippen LogP contribution is 2.35. The smallest absolute Gasteiger partial charge is 0.161 e. The Morgan fingerprint density at radius 3 is 2.94 bits per heavy atom. The standard InChI is InChI=1S/C12H16ClN3OS/c1-3-5-16-11(9(17-2)7-15-16)10(14)12-8(13)4-6-18-12/h4,6-7,10H,3,5,14H2,1-2H3. The first-order valence-corrected chi connectivity index (χ1v) is 7.03. The fourth-order valence-corrected chi connectivity index (χ4v) is 3.07. The van der Waals surface area contributed by atoms with Gasteiger partial charge in [0.05, 0.1) is 24.4 Å². The van der Waals surface area contributed by atoms with E-state index in [1.165, 1.54) is 0 Å². The number of hydrogen-bond acceptors (Lipinski definition) is 4. The van der Waals surface area contributed by atoms with Crippen LogP contribution in [-0.4, -0.2) is 16.9 Å². The molecule has 6 heteroatoms. The monoisotopic (exact) mass is 285 g/mol. The van der Waals surface area contributed by atoms with E-state index in [1.807, 2.05) is 16.1 Å². The average Bonchev–Trinajstić information content (AvgIpc) is 2.95. The predicted molar refractivity (Wildman–Crippen MR) is 74.4 cm³/mol. The molecule has 0 radical (unpaired) electrons. The molecule has 4 nitrogen and oxygen atoms in total. The molecule has 2 aromatic rings. The summed E-state index contributed by atoms with van der Waals surface area (Å²) in [4.78, 5) is 0.938. The molecule has 2 heterocycles. The van der Waals surface area contributed by atoms with Gasteiger partial charge in [0.15, 0.2) is 5.75 Å². The number of hydrogen-bond donors (Lipinski definition) is 1. The van der Waals surface area contributed by atoms with Crippen LogP contribution in [0.25, 0.3) is 0 Å². The lowest BCUT2D eigenvalue weighted by Crippen LogP contribution is -2.17. The molecule has 0 aromatic carbocycles. The summed E-state index contributed by atoms with van der Waals surface area (Å²) in [6.07, 6.45) is 2.69. The van der Waals surface area contributed by atoms with Crippen molar-refractivity contribution >= 4 is 22.9 Å². The Balaban J connectivity index is 2.42. The van der Waals surface area contributed by atoms with E-state index in [0.717, 1.165) is 23.5 Å². The van der Waals surface area contributed by atoms with Crippen molar-refractivity contribution in [2.24, 2.45) is 5.73 Å². The molecule has 2 N–H and O–H groups in total. The first-order chi connectivity index (χ1) is 8.69. The summed E-state index contributed by atoms with van der Waals surface area (Å²) in [7, 11) is 1.62. The van der Waals surface area contributed by atoms with Crippen molar-refractivity contribution in [2.75, 3.05) is 7.11 Å². The van der Waals surface area contributed by atoms with E-state index in [-0.39, 0.29) is 6.04 Å². The first-order valence-electron chi connectivity index (χ1n) is 5.77. The summed E-state index contributed by atoms with van der Waals surface area (Å²) in [6, 6.07) is 1.55. The quantitative estimate of drug-likeness (QED) is 0.918. The number of nitrogens with zero attached hydrogens (tertiary/aromatic N) is 2. The molecule has 98 valence electrons. The van der Waals surface area contributed by atoms with Crippen molar-refractivity contribution < 1.29 is 4.74 Å². The minimum Gasteiger partial charge on any atom is -0.493 e. The molecule has 0 aliphatic heterocycles. The lowest BCUT2D eigenvalue weighted by atomic mass is 10.1. The minimum absolute atomic E-state index is 0.304. The predicted octanol–water partition coefficient (Wildman–Crippen LogP) is 3.06. The fourth-order valence-electron chi connectivity index (χ4n) is 1.89. The number of thiophene rings is 1. The highest BCUT2D eigenvalue weighted by Gasteiger charge is 2.22. The van der Waals surface area contributed by atoms with Crippen molar-refractivity contribution in [3.05, 3.63) is 33.2 Å². The summed E-state index contributed by atoms with van der Waals surface area (Å²) < 4.78 is 7.22. The van der Waals surface area contributed by atoms with Gasteiger partial charge in [0, 0.05) is 11.4 Å². The molecule has 0 bridgehead atoms. The zero-order valence-corrected chi connectivity index (χ0v) is 12.0. The maximum Gasteiger partial charge on any atom is 0.161 e. The van der Waals surface area contributed by atoms with Gasteiger partial charge in [-0.15, -0.1) is 11.3 Å². The number of ether oxygens (including phenoxy) is 1. The number of methoxy groups -OCH3 is 1.